The molecule has 0 aromatic carbocycles. The van der Waals surface area contributed by atoms with Crippen LogP contribution >= 0.6 is 0 Å². The Hall–Kier alpha value is -0.530. The Morgan fingerprint density at radius 1 is 0.419 bits per heavy atom. The molecule has 186 valence electrons. The van der Waals surface area contributed by atoms with Gasteiger partial charge < -0.3 is 5.32 Å². The molecule has 0 aromatic heterocycles. The second kappa shape index (κ2) is 27.5. The summed E-state index contributed by atoms with van der Waals surface area (Å²) in [5.74, 6) is 0.266. The Kier molecular flexibility index (Phi) is 27.0. The number of unbranched alkanes of at least 4 members (excludes halogenated alkanes) is 22. The third kappa shape index (κ3) is 27.4. The lowest BCUT2D eigenvalue weighted by molar-refractivity contribution is -0.121. The lowest BCUT2D eigenvalue weighted by atomic mass is 10.0. The average Bonchev–Trinajstić information content (AvgIpc) is 2.77. The molecule has 0 unspecified atom stereocenters. The highest BCUT2D eigenvalue weighted by molar-refractivity contribution is 5.75. The number of carbonyl (C=O) groups is 1. The van der Waals surface area contributed by atoms with E-state index in [1.54, 1.807) is 0 Å². The van der Waals surface area contributed by atoms with Crippen molar-refractivity contribution < 1.29 is 4.79 Å². The summed E-state index contributed by atoms with van der Waals surface area (Å²) >= 11 is 0. The summed E-state index contributed by atoms with van der Waals surface area (Å²) in [5, 5.41) is 3.08. The summed E-state index contributed by atoms with van der Waals surface area (Å²) in [6.45, 7) is 5.41. The van der Waals surface area contributed by atoms with E-state index in [0.29, 0.717) is 0 Å². The van der Waals surface area contributed by atoms with Gasteiger partial charge in [-0.1, -0.05) is 155 Å². The summed E-state index contributed by atoms with van der Waals surface area (Å²) in [6.07, 6.45) is 33.6. The van der Waals surface area contributed by atoms with E-state index in [4.69, 9.17) is 0 Å². The van der Waals surface area contributed by atoms with Crippen LogP contribution in [0.3, 0.4) is 0 Å². The van der Waals surface area contributed by atoms with Gasteiger partial charge in [-0.2, -0.15) is 0 Å². The molecule has 0 rings (SSSR count). The Balaban J connectivity index is 3.09. The van der Waals surface area contributed by atoms with Crippen LogP contribution < -0.4 is 5.32 Å². The van der Waals surface area contributed by atoms with Gasteiger partial charge in [0, 0.05) is 13.0 Å². The smallest absolute Gasteiger partial charge is 0.219 e. The minimum Gasteiger partial charge on any atom is -0.356 e. The molecule has 0 bridgehead atoms. The zero-order valence-corrected chi connectivity index (χ0v) is 21.8. The van der Waals surface area contributed by atoms with E-state index in [1.807, 2.05) is 0 Å². The van der Waals surface area contributed by atoms with Gasteiger partial charge >= 0.3 is 0 Å². The minimum absolute atomic E-state index is 0.266. The van der Waals surface area contributed by atoms with E-state index >= 15 is 0 Å². The maximum absolute atomic E-state index is 11.8. The Morgan fingerprint density at radius 2 is 0.710 bits per heavy atom. The molecule has 31 heavy (non-hydrogen) atoms. The van der Waals surface area contributed by atoms with Crippen molar-refractivity contribution in [3.8, 4) is 0 Å². The third-order valence-corrected chi connectivity index (χ3v) is 6.61. The van der Waals surface area contributed by atoms with Crippen LogP contribution in [0.25, 0.3) is 0 Å². The molecule has 2 heteroatoms. The third-order valence-electron chi connectivity index (χ3n) is 6.61. The Bertz CT molecular complexity index is 342. The standard InChI is InChI=1S/C29H59NO/c1-3-5-7-9-10-11-12-13-14-15-16-17-18-19-20-21-22-23-25-27-29(31)30-28-26-24-8-6-4-2/h3-28H2,1-2H3,(H,30,31). The van der Waals surface area contributed by atoms with Crippen molar-refractivity contribution in [3.05, 3.63) is 0 Å². The van der Waals surface area contributed by atoms with Gasteiger partial charge in [0.25, 0.3) is 0 Å². The predicted molar refractivity (Wildman–Crippen MR) is 140 cm³/mol. The molecule has 0 fully saturated rings. The fourth-order valence-corrected chi connectivity index (χ4v) is 4.41. The topological polar surface area (TPSA) is 29.1 Å². The van der Waals surface area contributed by atoms with Gasteiger partial charge in [-0.15, -0.1) is 0 Å². The zero-order valence-electron chi connectivity index (χ0n) is 21.8. The second-order valence-electron chi connectivity index (χ2n) is 9.88. The van der Waals surface area contributed by atoms with E-state index in [1.165, 1.54) is 141 Å². The molecule has 2 nitrogen and oxygen atoms in total. The van der Waals surface area contributed by atoms with Gasteiger partial charge in [0.1, 0.15) is 0 Å². The second-order valence-corrected chi connectivity index (χ2v) is 9.88. The van der Waals surface area contributed by atoms with Crippen molar-refractivity contribution >= 4 is 5.91 Å². The molecular weight excluding hydrogens is 378 g/mol. The van der Waals surface area contributed by atoms with Gasteiger partial charge in [0.2, 0.25) is 5.91 Å². The maximum Gasteiger partial charge on any atom is 0.219 e. The molecule has 0 spiro atoms. The Morgan fingerprint density at radius 3 is 1.06 bits per heavy atom. The van der Waals surface area contributed by atoms with Crippen LogP contribution in [0.5, 0.6) is 0 Å². The van der Waals surface area contributed by atoms with Crippen molar-refractivity contribution in [3.63, 3.8) is 0 Å². The normalized spacial score (nSPS) is 11.2. The van der Waals surface area contributed by atoms with Crippen LogP contribution in [0, 0.1) is 0 Å². The van der Waals surface area contributed by atoms with Crippen molar-refractivity contribution in [1.29, 1.82) is 0 Å². The van der Waals surface area contributed by atoms with Crippen molar-refractivity contribution in [1.82, 2.24) is 5.32 Å². The molecule has 0 saturated heterocycles. The molecule has 0 aliphatic carbocycles. The van der Waals surface area contributed by atoms with Crippen LogP contribution in [0.2, 0.25) is 0 Å². The number of carbonyl (C=O) groups excluding carboxylic acids is 1. The van der Waals surface area contributed by atoms with E-state index < -0.39 is 0 Å². The highest BCUT2D eigenvalue weighted by Gasteiger charge is 2.00. The largest absolute Gasteiger partial charge is 0.356 e. The van der Waals surface area contributed by atoms with Gasteiger partial charge in [-0.25, -0.2) is 0 Å². The maximum atomic E-state index is 11.8. The first kappa shape index (κ1) is 30.5. The van der Waals surface area contributed by atoms with Gasteiger partial charge in [-0.05, 0) is 12.8 Å². The highest BCUT2D eigenvalue weighted by Crippen LogP contribution is 2.14. The van der Waals surface area contributed by atoms with E-state index in [9.17, 15) is 4.79 Å². The van der Waals surface area contributed by atoms with Crippen LogP contribution in [0.15, 0.2) is 0 Å². The van der Waals surface area contributed by atoms with E-state index in [0.717, 1.165) is 25.8 Å². The predicted octanol–water partition coefficient (Wildman–Crippen LogP) is 9.89. The van der Waals surface area contributed by atoms with Crippen molar-refractivity contribution in [2.24, 2.45) is 0 Å². The molecule has 1 amide bonds. The molecule has 0 aromatic rings. The number of nitrogens with one attached hydrogen (secondary N) is 1. The Labute approximate surface area is 197 Å². The SMILES string of the molecule is CCCCCCCCCCCCCCCCCCCCCC(=O)NCCCCCCC. The van der Waals surface area contributed by atoms with Gasteiger partial charge in [0.05, 0.1) is 0 Å². The van der Waals surface area contributed by atoms with Gasteiger partial charge in [-0.3, -0.25) is 4.79 Å². The van der Waals surface area contributed by atoms with Crippen LogP contribution in [0.4, 0.5) is 0 Å². The molecule has 0 atom stereocenters. The van der Waals surface area contributed by atoms with Crippen molar-refractivity contribution in [2.45, 2.75) is 174 Å². The van der Waals surface area contributed by atoms with Crippen LogP contribution in [-0.4, -0.2) is 12.5 Å². The zero-order chi connectivity index (χ0) is 22.7. The molecule has 0 heterocycles. The summed E-state index contributed by atoms with van der Waals surface area (Å²) in [6, 6.07) is 0. The molecular formula is C29H59NO. The molecule has 0 aliphatic rings. The molecule has 0 radical (unpaired) electrons. The molecule has 0 saturated carbocycles. The van der Waals surface area contributed by atoms with Crippen LogP contribution in [0.1, 0.15) is 174 Å². The summed E-state index contributed by atoms with van der Waals surface area (Å²) in [7, 11) is 0. The van der Waals surface area contributed by atoms with Crippen LogP contribution in [-0.2, 0) is 4.79 Å². The lowest BCUT2D eigenvalue weighted by Gasteiger charge is -2.05. The number of hydrogen-bond acceptors (Lipinski definition) is 1. The summed E-state index contributed by atoms with van der Waals surface area (Å²) in [5.41, 5.74) is 0. The fourth-order valence-electron chi connectivity index (χ4n) is 4.41. The lowest BCUT2D eigenvalue weighted by Crippen LogP contribution is -2.23. The molecule has 1 N–H and O–H groups in total. The highest BCUT2D eigenvalue weighted by atomic mass is 16.1. The fraction of sp³-hybridized carbons (Fsp3) is 0.966. The van der Waals surface area contributed by atoms with E-state index in [-0.39, 0.29) is 5.91 Å². The van der Waals surface area contributed by atoms with Crippen molar-refractivity contribution in [2.75, 3.05) is 6.54 Å². The summed E-state index contributed by atoms with van der Waals surface area (Å²) in [4.78, 5) is 11.8. The summed E-state index contributed by atoms with van der Waals surface area (Å²) < 4.78 is 0. The quantitative estimate of drug-likeness (QED) is 0.134. The number of rotatable bonds is 26. The first-order chi connectivity index (χ1) is 15.3. The number of hydrogen-bond donors (Lipinski definition) is 1. The average molecular weight is 438 g/mol. The minimum atomic E-state index is 0.266. The molecule has 0 aliphatic heterocycles. The monoisotopic (exact) mass is 437 g/mol. The van der Waals surface area contributed by atoms with Gasteiger partial charge in [0.15, 0.2) is 0 Å². The number of amides is 1. The first-order valence-electron chi connectivity index (χ1n) is 14.6. The first-order valence-corrected chi connectivity index (χ1v) is 14.6. The van der Waals surface area contributed by atoms with E-state index in [2.05, 4.69) is 19.2 Å².